The molecular formula is C16H16BrN5O. The fraction of sp³-hybridized carbons (Fsp3) is 0.188. The van der Waals surface area contributed by atoms with E-state index in [-0.39, 0.29) is 12.5 Å². The number of carbonyl (C=O) groups excluding carboxylic acids is 1. The van der Waals surface area contributed by atoms with E-state index in [9.17, 15) is 4.79 Å². The van der Waals surface area contributed by atoms with Crippen LogP contribution in [0.5, 0.6) is 0 Å². The number of aromatic nitrogens is 4. The van der Waals surface area contributed by atoms with E-state index < -0.39 is 0 Å². The minimum absolute atomic E-state index is 0.143. The molecule has 23 heavy (non-hydrogen) atoms. The van der Waals surface area contributed by atoms with Crippen molar-refractivity contribution in [3.63, 3.8) is 0 Å². The Hall–Kier alpha value is -2.41. The first-order chi connectivity index (χ1) is 11.1. The Kier molecular flexibility index (Phi) is 4.57. The van der Waals surface area contributed by atoms with Gasteiger partial charge >= 0.3 is 0 Å². The minimum Gasteiger partial charge on any atom is -0.322 e. The standard InChI is InChI=1S/C16H16BrN5O/c1-12-3-2-4-13(5-12)8-21-10-15(7-19-21)20-16(23)11-22-9-14(17)6-18-22/h2-7,9-10H,8,11H2,1H3,(H,20,23). The molecule has 0 fully saturated rings. The first-order valence-electron chi connectivity index (χ1n) is 7.14. The number of amides is 1. The van der Waals surface area contributed by atoms with Gasteiger partial charge in [-0.15, -0.1) is 0 Å². The molecule has 0 saturated heterocycles. The lowest BCUT2D eigenvalue weighted by Crippen LogP contribution is -2.18. The minimum atomic E-state index is -0.143. The maximum absolute atomic E-state index is 12.0. The Morgan fingerprint density at radius 3 is 2.78 bits per heavy atom. The Morgan fingerprint density at radius 2 is 2.04 bits per heavy atom. The van der Waals surface area contributed by atoms with Gasteiger partial charge < -0.3 is 5.32 Å². The third-order valence-corrected chi connectivity index (χ3v) is 3.66. The highest BCUT2D eigenvalue weighted by atomic mass is 79.9. The summed E-state index contributed by atoms with van der Waals surface area (Å²) in [4.78, 5) is 12.0. The molecule has 2 heterocycles. The van der Waals surface area contributed by atoms with Gasteiger partial charge in [-0.05, 0) is 28.4 Å². The molecule has 0 bridgehead atoms. The molecule has 118 valence electrons. The number of carbonyl (C=O) groups is 1. The predicted molar refractivity (Wildman–Crippen MR) is 91.1 cm³/mol. The molecule has 0 aliphatic carbocycles. The molecule has 3 aromatic rings. The first-order valence-corrected chi connectivity index (χ1v) is 7.93. The molecule has 1 N–H and O–H groups in total. The average molecular weight is 374 g/mol. The molecular weight excluding hydrogens is 358 g/mol. The predicted octanol–water partition coefficient (Wildman–Crippen LogP) is 2.84. The molecule has 0 atom stereocenters. The zero-order chi connectivity index (χ0) is 16.2. The maximum Gasteiger partial charge on any atom is 0.246 e. The zero-order valence-electron chi connectivity index (χ0n) is 12.6. The Bertz CT molecular complexity index is 823. The van der Waals surface area contributed by atoms with Crippen molar-refractivity contribution in [1.29, 1.82) is 0 Å². The molecule has 0 saturated carbocycles. The van der Waals surface area contributed by atoms with E-state index in [1.807, 2.05) is 12.3 Å². The number of benzene rings is 1. The van der Waals surface area contributed by atoms with Crippen LogP contribution in [-0.4, -0.2) is 25.5 Å². The van der Waals surface area contributed by atoms with Crippen molar-refractivity contribution in [3.05, 3.63) is 64.7 Å². The number of halogens is 1. The van der Waals surface area contributed by atoms with Gasteiger partial charge in [0.2, 0.25) is 5.91 Å². The van der Waals surface area contributed by atoms with Crippen molar-refractivity contribution >= 4 is 27.5 Å². The van der Waals surface area contributed by atoms with Crippen LogP contribution in [0.4, 0.5) is 5.69 Å². The number of hydrogen-bond donors (Lipinski definition) is 1. The van der Waals surface area contributed by atoms with Crippen molar-refractivity contribution in [2.24, 2.45) is 0 Å². The van der Waals surface area contributed by atoms with E-state index in [4.69, 9.17) is 0 Å². The van der Waals surface area contributed by atoms with Gasteiger partial charge in [-0.1, -0.05) is 29.8 Å². The largest absolute Gasteiger partial charge is 0.322 e. The molecule has 1 aromatic carbocycles. The van der Waals surface area contributed by atoms with Crippen LogP contribution in [0.3, 0.4) is 0 Å². The molecule has 1 amide bonds. The van der Waals surface area contributed by atoms with E-state index in [1.54, 1.807) is 28.0 Å². The van der Waals surface area contributed by atoms with Crippen LogP contribution in [0.15, 0.2) is 53.5 Å². The quantitative estimate of drug-likeness (QED) is 0.747. The Balaban J connectivity index is 1.59. The third-order valence-electron chi connectivity index (χ3n) is 3.25. The number of anilines is 1. The fourth-order valence-electron chi connectivity index (χ4n) is 2.28. The van der Waals surface area contributed by atoms with Crippen molar-refractivity contribution < 1.29 is 4.79 Å². The van der Waals surface area contributed by atoms with Gasteiger partial charge in [0.1, 0.15) is 6.54 Å². The highest BCUT2D eigenvalue weighted by Gasteiger charge is 2.07. The lowest BCUT2D eigenvalue weighted by Gasteiger charge is -2.03. The third kappa shape index (κ3) is 4.29. The van der Waals surface area contributed by atoms with Crippen LogP contribution in [0, 0.1) is 6.92 Å². The van der Waals surface area contributed by atoms with Crippen LogP contribution in [0.2, 0.25) is 0 Å². The summed E-state index contributed by atoms with van der Waals surface area (Å²) in [5, 5.41) is 11.2. The molecule has 3 rings (SSSR count). The van der Waals surface area contributed by atoms with Crippen LogP contribution >= 0.6 is 15.9 Å². The second-order valence-corrected chi connectivity index (χ2v) is 6.24. The molecule has 0 radical (unpaired) electrons. The van der Waals surface area contributed by atoms with Gasteiger partial charge in [-0.2, -0.15) is 10.2 Å². The topological polar surface area (TPSA) is 64.7 Å². The number of rotatable bonds is 5. The second kappa shape index (κ2) is 6.78. The van der Waals surface area contributed by atoms with E-state index in [2.05, 4.69) is 56.6 Å². The molecule has 7 heteroatoms. The highest BCUT2D eigenvalue weighted by molar-refractivity contribution is 9.10. The molecule has 0 aliphatic rings. The summed E-state index contributed by atoms with van der Waals surface area (Å²) in [6, 6.07) is 8.27. The van der Waals surface area contributed by atoms with E-state index in [0.29, 0.717) is 12.2 Å². The van der Waals surface area contributed by atoms with E-state index in [1.165, 1.54) is 11.1 Å². The van der Waals surface area contributed by atoms with Gasteiger partial charge in [0.15, 0.2) is 0 Å². The van der Waals surface area contributed by atoms with Crippen molar-refractivity contribution in [2.75, 3.05) is 5.32 Å². The van der Waals surface area contributed by atoms with E-state index >= 15 is 0 Å². The summed E-state index contributed by atoms with van der Waals surface area (Å²) in [7, 11) is 0. The smallest absolute Gasteiger partial charge is 0.246 e. The molecule has 2 aromatic heterocycles. The second-order valence-electron chi connectivity index (χ2n) is 5.32. The van der Waals surface area contributed by atoms with Gasteiger partial charge in [0, 0.05) is 12.4 Å². The highest BCUT2D eigenvalue weighted by Crippen LogP contribution is 2.10. The van der Waals surface area contributed by atoms with Gasteiger partial charge in [0.25, 0.3) is 0 Å². The van der Waals surface area contributed by atoms with Crippen molar-refractivity contribution in [2.45, 2.75) is 20.0 Å². The SMILES string of the molecule is Cc1cccc(Cn2cc(NC(=O)Cn3cc(Br)cn3)cn2)c1. The lowest BCUT2D eigenvalue weighted by atomic mass is 10.1. The number of nitrogens with one attached hydrogen (secondary N) is 1. The Morgan fingerprint density at radius 1 is 1.22 bits per heavy atom. The Labute approximate surface area is 142 Å². The van der Waals surface area contributed by atoms with Crippen molar-refractivity contribution in [3.8, 4) is 0 Å². The monoisotopic (exact) mass is 373 g/mol. The molecule has 0 aliphatic heterocycles. The summed E-state index contributed by atoms with van der Waals surface area (Å²) in [5.41, 5.74) is 3.06. The van der Waals surface area contributed by atoms with Gasteiger partial charge in [0.05, 0.1) is 29.1 Å². The summed E-state index contributed by atoms with van der Waals surface area (Å²) >= 11 is 3.30. The summed E-state index contributed by atoms with van der Waals surface area (Å²) < 4.78 is 4.21. The van der Waals surface area contributed by atoms with Crippen LogP contribution in [-0.2, 0) is 17.9 Å². The van der Waals surface area contributed by atoms with Crippen LogP contribution in [0.1, 0.15) is 11.1 Å². The lowest BCUT2D eigenvalue weighted by molar-refractivity contribution is -0.116. The average Bonchev–Trinajstić information content (AvgIpc) is 3.08. The van der Waals surface area contributed by atoms with Gasteiger partial charge in [-0.25, -0.2) is 0 Å². The number of nitrogens with zero attached hydrogens (tertiary/aromatic N) is 4. The van der Waals surface area contributed by atoms with E-state index in [0.717, 1.165) is 4.47 Å². The number of hydrogen-bond acceptors (Lipinski definition) is 3. The summed E-state index contributed by atoms with van der Waals surface area (Å²) in [6.45, 7) is 2.89. The molecule has 0 spiro atoms. The first kappa shape index (κ1) is 15.5. The fourth-order valence-corrected chi connectivity index (χ4v) is 2.61. The van der Waals surface area contributed by atoms with Crippen LogP contribution < -0.4 is 5.32 Å². The summed E-state index contributed by atoms with van der Waals surface area (Å²) in [6.07, 6.45) is 6.86. The van der Waals surface area contributed by atoms with Crippen molar-refractivity contribution in [1.82, 2.24) is 19.6 Å². The molecule has 6 nitrogen and oxygen atoms in total. The van der Waals surface area contributed by atoms with Gasteiger partial charge in [-0.3, -0.25) is 14.2 Å². The zero-order valence-corrected chi connectivity index (χ0v) is 14.2. The normalized spacial score (nSPS) is 10.7. The number of aryl methyl sites for hydroxylation is 1. The molecule has 0 unspecified atom stereocenters. The van der Waals surface area contributed by atoms with Crippen LogP contribution in [0.25, 0.3) is 0 Å². The summed E-state index contributed by atoms with van der Waals surface area (Å²) in [5.74, 6) is -0.143. The maximum atomic E-state index is 12.0.